The highest BCUT2D eigenvalue weighted by Gasteiger charge is 2.37. The van der Waals surface area contributed by atoms with Crippen molar-refractivity contribution in [3.8, 4) is 23.0 Å². The fraction of sp³-hybridized carbons (Fsp3) is 0.463. The number of carbonyl (C=O) groups is 1. The molecule has 4 rings (SSSR count). The highest BCUT2D eigenvalue weighted by atomic mass is 19.2. The molecule has 286 valence electrons. The molecule has 1 unspecified atom stereocenters. The molecule has 2 heterocycles. The molecule has 53 heavy (non-hydrogen) atoms. The molecular weight excluding hydrogens is 677 g/mol. The third kappa shape index (κ3) is 10.3. The topological polar surface area (TPSA) is 86.6 Å². The van der Waals surface area contributed by atoms with Crippen LogP contribution in [0.2, 0.25) is 0 Å². The van der Waals surface area contributed by atoms with Crippen molar-refractivity contribution in [1.29, 1.82) is 0 Å². The molecule has 1 aliphatic heterocycles. The molecule has 12 heteroatoms. The maximum atomic E-state index is 14.3. The van der Waals surface area contributed by atoms with Crippen molar-refractivity contribution in [3.63, 3.8) is 0 Å². The summed E-state index contributed by atoms with van der Waals surface area (Å²) in [5, 5.41) is 3.19. The number of benzene rings is 2. The third-order valence-corrected chi connectivity index (χ3v) is 10.3. The second-order valence-electron chi connectivity index (χ2n) is 14.0. The quantitative estimate of drug-likeness (QED) is 0.120. The third-order valence-electron chi connectivity index (χ3n) is 10.3. The van der Waals surface area contributed by atoms with Gasteiger partial charge in [0.2, 0.25) is 5.91 Å². The van der Waals surface area contributed by atoms with Crippen LogP contribution in [0.5, 0.6) is 23.0 Å². The summed E-state index contributed by atoms with van der Waals surface area (Å²) in [5.41, 5.74) is 4.95. The molecule has 1 amide bonds. The van der Waals surface area contributed by atoms with Crippen molar-refractivity contribution >= 4 is 25.1 Å². The lowest BCUT2D eigenvalue weighted by molar-refractivity contribution is -0.121. The number of nitrogens with zero attached hydrogens (tertiary/aromatic N) is 3. The molecule has 0 saturated heterocycles. The lowest BCUT2D eigenvalue weighted by atomic mass is 9.68. The van der Waals surface area contributed by atoms with Crippen LogP contribution in [0, 0.1) is 5.92 Å². The van der Waals surface area contributed by atoms with E-state index in [0.29, 0.717) is 46.6 Å². The average molecular weight is 733 g/mol. The van der Waals surface area contributed by atoms with Crippen molar-refractivity contribution in [2.45, 2.75) is 65.2 Å². The number of carbonyl (C=O) groups excluding carboxylic acids is 1. The van der Waals surface area contributed by atoms with E-state index in [1.165, 1.54) is 5.56 Å². The second kappa shape index (κ2) is 19.0. The Bertz CT molecular complexity index is 1800. The van der Waals surface area contributed by atoms with Crippen molar-refractivity contribution in [3.05, 3.63) is 88.4 Å². The highest BCUT2D eigenvalue weighted by molar-refractivity contribution is 6.41. The number of amides is 1. The van der Waals surface area contributed by atoms with E-state index in [-0.39, 0.29) is 24.7 Å². The summed E-state index contributed by atoms with van der Waals surface area (Å²) >= 11 is 0. The monoisotopic (exact) mass is 732 g/mol. The molecular formula is C41H55BF2N4O5. The molecule has 1 aromatic heterocycles. The number of nitrogens with one attached hydrogen (secondary N) is 1. The molecule has 0 saturated carbocycles. The SMILES string of the molecule is COc1ccc(CCN(C)CCCC(CNC(=O)CCc2ccc(/C=C3\N=C(C)C=C3C)n2B(F)F)(c2ccc(OC)c(OC)c2)C(C)C)cc1OC. The minimum absolute atomic E-state index is 0.0714. The normalized spacial score (nSPS) is 14.6. The van der Waals surface area contributed by atoms with E-state index < -0.39 is 12.8 Å². The van der Waals surface area contributed by atoms with Gasteiger partial charge in [-0.2, -0.15) is 0 Å². The van der Waals surface area contributed by atoms with E-state index in [2.05, 4.69) is 42.2 Å². The lowest BCUT2D eigenvalue weighted by Gasteiger charge is -2.39. The fourth-order valence-corrected chi connectivity index (χ4v) is 7.08. The Morgan fingerprint density at radius 1 is 0.925 bits per heavy atom. The first-order valence-electron chi connectivity index (χ1n) is 18.2. The number of hydrogen-bond donors (Lipinski definition) is 1. The van der Waals surface area contributed by atoms with Gasteiger partial charge in [0.25, 0.3) is 0 Å². The summed E-state index contributed by atoms with van der Waals surface area (Å²) in [6.45, 7) is 10.2. The van der Waals surface area contributed by atoms with Gasteiger partial charge in [-0.1, -0.05) is 26.0 Å². The first-order valence-corrected chi connectivity index (χ1v) is 18.2. The molecule has 3 aromatic rings. The molecule has 1 N–H and O–H groups in total. The van der Waals surface area contributed by atoms with E-state index in [9.17, 15) is 13.4 Å². The number of methoxy groups -OCH3 is 4. The predicted molar refractivity (Wildman–Crippen MR) is 210 cm³/mol. The zero-order valence-electron chi connectivity index (χ0n) is 32.7. The molecule has 0 radical (unpaired) electrons. The smallest absolute Gasteiger partial charge is 0.493 e. The van der Waals surface area contributed by atoms with Gasteiger partial charge in [-0.25, -0.2) is 0 Å². The van der Waals surface area contributed by atoms with Crippen LogP contribution in [-0.4, -0.2) is 83.5 Å². The van der Waals surface area contributed by atoms with Crippen molar-refractivity contribution in [1.82, 2.24) is 14.7 Å². The van der Waals surface area contributed by atoms with Gasteiger partial charge in [0.15, 0.2) is 23.0 Å². The molecule has 1 aliphatic rings. The second-order valence-corrected chi connectivity index (χ2v) is 14.0. The van der Waals surface area contributed by atoms with Gasteiger partial charge in [-0.3, -0.25) is 18.4 Å². The van der Waals surface area contributed by atoms with Crippen LogP contribution >= 0.6 is 0 Å². The predicted octanol–water partition coefficient (Wildman–Crippen LogP) is 7.65. The number of rotatable bonds is 20. The van der Waals surface area contributed by atoms with Crippen LogP contribution in [-0.2, 0) is 23.1 Å². The maximum Gasteiger partial charge on any atom is 0.677 e. The minimum atomic E-state index is -2.75. The van der Waals surface area contributed by atoms with Crippen molar-refractivity contribution in [2.75, 3.05) is 55.1 Å². The van der Waals surface area contributed by atoms with E-state index in [1.807, 2.05) is 50.3 Å². The summed E-state index contributed by atoms with van der Waals surface area (Å²) in [5.74, 6) is 2.62. The van der Waals surface area contributed by atoms with Gasteiger partial charge < -0.3 is 33.6 Å². The van der Waals surface area contributed by atoms with Gasteiger partial charge in [-0.15, -0.1) is 0 Å². The molecule has 0 spiro atoms. The van der Waals surface area contributed by atoms with Crippen LogP contribution in [0.4, 0.5) is 8.63 Å². The molecule has 0 bridgehead atoms. The van der Waals surface area contributed by atoms with Gasteiger partial charge in [0, 0.05) is 42.0 Å². The Kier molecular flexibility index (Phi) is 14.7. The fourth-order valence-electron chi connectivity index (χ4n) is 7.08. The molecule has 0 fully saturated rings. The Morgan fingerprint density at radius 2 is 1.58 bits per heavy atom. The number of allylic oxidation sites excluding steroid dienone is 2. The zero-order chi connectivity index (χ0) is 38.7. The van der Waals surface area contributed by atoms with Crippen LogP contribution in [0.25, 0.3) is 6.08 Å². The number of aliphatic imine (C=N–C) groups is 1. The Labute approximate surface area is 314 Å². The number of aryl methyl sites for hydroxylation is 1. The number of hydrogen-bond acceptors (Lipinski definition) is 7. The number of ether oxygens (including phenoxy) is 4. The summed E-state index contributed by atoms with van der Waals surface area (Å²) in [6, 6.07) is 15.3. The Hall–Kier alpha value is -4.58. The maximum absolute atomic E-state index is 14.3. The molecule has 1 atom stereocenters. The highest BCUT2D eigenvalue weighted by Crippen LogP contribution is 2.41. The minimum Gasteiger partial charge on any atom is -0.493 e. The first-order chi connectivity index (χ1) is 25.3. The number of aromatic nitrogens is 1. The lowest BCUT2D eigenvalue weighted by Crippen LogP contribution is -2.45. The Morgan fingerprint density at radius 3 is 2.19 bits per heavy atom. The first kappa shape index (κ1) is 41.2. The number of halogens is 2. The van der Waals surface area contributed by atoms with Gasteiger partial charge in [-0.05, 0) is 124 Å². The van der Waals surface area contributed by atoms with Gasteiger partial charge in [0.05, 0.1) is 34.1 Å². The van der Waals surface area contributed by atoms with Crippen LogP contribution in [0.3, 0.4) is 0 Å². The Balaban J connectivity index is 1.47. The largest absolute Gasteiger partial charge is 0.677 e. The average Bonchev–Trinajstić information content (AvgIpc) is 3.70. The van der Waals surface area contributed by atoms with E-state index in [1.54, 1.807) is 46.6 Å². The summed E-state index contributed by atoms with van der Waals surface area (Å²) in [7, 11) is 5.87. The van der Waals surface area contributed by atoms with Crippen LogP contribution in [0.15, 0.2) is 70.9 Å². The summed E-state index contributed by atoms with van der Waals surface area (Å²) in [4.78, 5) is 20.2. The van der Waals surface area contributed by atoms with E-state index in [4.69, 9.17) is 18.9 Å². The van der Waals surface area contributed by atoms with Crippen LogP contribution in [0.1, 0.15) is 69.5 Å². The van der Waals surface area contributed by atoms with Crippen molar-refractivity contribution in [2.24, 2.45) is 10.9 Å². The molecule has 9 nitrogen and oxygen atoms in total. The van der Waals surface area contributed by atoms with E-state index >= 15 is 0 Å². The van der Waals surface area contributed by atoms with Gasteiger partial charge in [0.1, 0.15) is 0 Å². The van der Waals surface area contributed by atoms with Gasteiger partial charge >= 0.3 is 7.40 Å². The summed E-state index contributed by atoms with van der Waals surface area (Å²) < 4.78 is 51.7. The van der Waals surface area contributed by atoms with Crippen LogP contribution < -0.4 is 24.3 Å². The van der Waals surface area contributed by atoms with E-state index in [0.717, 1.165) is 53.7 Å². The molecule has 0 aliphatic carbocycles. The molecule has 2 aromatic carbocycles. The number of likely N-dealkylation sites (N-methyl/N-ethyl adjacent to an activating group) is 1. The zero-order valence-corrected chi connectivity index (χ0v) is 32.7. The standard InChI is InChI=1S/C41H55BF2N4O5/c1-28(2)41(32-12-17-37(51-7)39(25-32)53-9,20-10-21-47(5)22-19-31-11-16-36(50-6)38(24-31)52-8)27-45-40(49)18-15-33-13-14-34(48(33)42(43)44)26-35-29(3)23-30(4)46-35/h11-14,16-17,23-26,28H,10,15,18-22,27H2,1-9H3,(H,45,49)/b35-26-. The van der Waals surface area contributed by atoms with Crippen molar-refractivity contribution < 1.29 is 32.4 Å². The summed E-state index contributed by atoms with van der Waals surface area (Å²) in [6.07, 6.45) is 6.37.